The van der Waals surface area contributed by atoms with Gasteiger partial charge in [-0.25, -0.2) is 0 Å². The largest absolute Gasteiger partial charge is 0.276 e. The van der Waals surface area contributed by atoms with E-state index in [2.05, 4.69) is 24.4 Å². The summed E-state index contributed by atoms with van der Waals surface area (Å²) in [6, 6.07) is 9.19. The van der Waals surface area contributed by atoms with E-state index in [0.29, 0.717) is 0 Å². The van der Waals surface area contributed by atoms with Crippen molar-refractivity contribution in [1.82, 2.24) is 0 Å². The van der Waals surface area contributed by atoms with Gasteiger partial charge < -0.3 is 0 Å². The molecule has 0 saturated carbocycles. The highest BCUT2D eigenvalue weighted by molar-refractivity contribution is 7.93. The van der Waals surface area contributed by atoms with Gasteiger partial charge in [-0.05, 0) is 36.6 Å². The summed E-state index contributed by atoms with van der Waals surface area (Å²) in [7, 11) is 0. The highest BCUT2D eigenvalue weighted by Crippen LogP contribution is 2.19. The Morgan fingerprint density at radius 2 is 0.778 bits per heavy atom. The van der Waals surface area contributed by atoms with Gasteiger partial charge in [0.25, 0.3) is 22.7 Å². The van der Waals surface area contributed by atoms with Crippen LogP contribution in [0.15, 0.2) is 48.5 Å². The van der Waals surface area contributed by atoms with E-state index in [9.17, 15) is 40.5 Å². The number of thiocarbonyl (C=S) groups is 2. The van der Waals surface area contributed by atoms with Crippen LogP contribution in [0, 0.1) is 40.5 Å². The van der Waals surface area contributed by atoms with Crippen molar-refractivity contribution in [2.75, 3.05) is 0 Å². The van der Waals surface area contributed by atoms with Crippen LogP contribution in [0.25, 0.3) is 0 Å². The molecule has 140 valence electrons. The van der Waals surface area contributed by atoms with Crippen LogP contribution in [-0.4, -0.2) is 24.0 Å². The number of nitrogens with zero attached hydrogens (tertiary/aromatic N) is 4. The minimum Gasteiger partial charge on any atom is -0.258 e. The maximum atomic E-state index is 10.2. The van der Waals surface area contributed by atoms with E-state index in [1.54, 1.807) is 0 Å². The van der Waals surface area contributed by atoms with Crippen LogP contribution in [0.5, 0.6) is 0 Å². The van der Waals surface area contributed by atoms with E-state index in [4.69, 9.17) is 0 Å². The van der Waals surface area contributed by atoms with Gasteiger partial charge in [0.2, 0.25) is 0 Å². The van der Waals surface area contributed by atoms with Crippen molar-refractivity contribution in [2.45, 2.75) is 0 Å². The topological polar surface area (TPSA) is 173 Å². The van der Waals surface area contributed by atoms with Gasteiger partial charge in [0, 0.05) is 28.6 Å². The molecule has 0 atom stereocenters. The molecule has 0 unspecified atom stereocenters. The summed E-state index contributed by atoms with van der Waals surface area (Å²) in [6.07, 6.45) is 0. The molecule has 12 nitrogen and oxygen atoms in total. The number of hydrogen-bond acceptors (Lipinski definition) is 10. The normalized spacial score (nSPS) is 8.59. The lowest BCUT2D eigenvalue weighted by atomic mass is 10.3. The summed E-state index contributed by atoms with van der Waals surface area (Å²) in [4.78, 5) is 37.9. The van der Waals surface area contributed by atoms with Crippen LogP contribution in [0.2, 0.25) is 0 Å². The maximum absolute atomic E-state index is 10.2. The van der Waals surface area contributed by atoms with Crippen LogP contribution in [-0.2, 0) is 0 Å². The Kier molecular flexibility index (Phi) is 10.1. The van der Waals surface area contributed by atoms with Crippen molar-refractivity contribution in [3.05, 3.63) is 89.0 Å². The van der Waals surface area contributed by atoms with Crippen molar-refractivity contribution in [3.8, 4) is 0 Å². The Hall–Kier alpha value is -3.74. The van der Waals surface area contributed by atoms with Gasteiger partial charge in [-0.1, -0.05) is 0 Å². The second-order valence-electron chi connectivity index (χ2n) is 4.15. The zero-order chi connectivity index (χ0) is 21.0. The molecule has 0 N–H and O–H groups in total. The molecule has 0 radical (unpaired) electrons. The summed E-state index contributed by atoms with van der Waals surface area (Å²) >= 11 is 7.92. The fourth-order valence-corrected chi connectivity index (χ4v) is 1.44. The predicted molar refractivity (Wildman–Crippen MR) is 99.7 cm³/mol. The predicted octanol–water partition coefficient (Wildman–Crippen LogP) is 4.02. The third-order valence-electron chi connectivity index (χ3n) is 2.50. The molecule has 14 heteroatoms. The Balaban J connectivity index is 0.000000438. The quantitative estimate of drug-likeness (QED) is 0.405. The lowest BCUT2D eigenvalue weighted by Crippen LogP contribution is -1.91. The maximum Gasteiger partial charge on any atom is 0.276 e. The molecule has 0 heterocycles. The van der Waals surface area contributed by atoms with Crippen LogP contribution >= 0.6 is 24.4 Å². The van der Waals surface area contributed by atoms with Crippen LogP contribution in [0.3, 0.4) is 0 Å². The third-order valence-corrected chi connectivity index (χ3v) is 2.50. The number of benzene rings is 2. The van der Waals surface area contributed by atoms with Crippen LogP contribution < -0.4 is 0 Å². The summed E-state index contributed by atoms with van der Waals surface area (Å²) in [6.45, 7) is 0. The summed E-state index contributed by atoms with van der Waals surface area (Å²) in [5.41, 5.74) is -1.10. The molecule has 2 rings (SSSR count). The van der Waals surface area contributed by atoms with E-state index in [1.165, 1.54) is 36.4 Å². The van der Waals surface area contributed by atoms with Gasteiger partial charge in [-0.15, -0.1) is 0 Å². The average molecular weight is 412 g/mol. The Bertz CT molecular complexity index is 773. The zero-order valence-corrected chi connectivity index (χ0v) is 14.6. The molecule has 0 spiro atoms. The molecule has 0 aliphatic heterocycles. The van der Waals surface area contributed by atoms with Crippen molar-refractivity contribution in [3.63, 3.8) is 0 Å². The second kappa shape index (κ2) is 11.8. The number of nitro benzene ring substituents is 4. The van der Waals surface area contributed by atoms with Gasteiger partial charge in [-0.2, -0.15) is 0 Å². The lowest BCUT2D eigenvalue weighted by molar-refractivity contribution is -0.394. The van der Waals surface area contributed by atoms with Gasteiger partial charge in [0.15, 0.2) is 0 Å². The highest BCUT2D eigenvalue weighted by atomic mass is 32.1. The molecule has 0 saturated heterocycles. The molecule has 27 heavy (non-hydrogen) atoms. The molecule has 0 amide bonds. The molecule has 2 aromatic rings. The zero-order valence-electron chi connectivity index (χ0n) is 13.0. The van der Waals surface area contributed by atoms with Crippen molar-refractivity contribution < 1.29 is 19.7 Å². The first-order valence-electron chi connectivity index (χ1n) is 6.41. The smallest absolute Gasteiger partial charge is 0.258 e. The Morgan fingerprint density at radius 3 is 0.926 bits per heavy atom. The van der Waals surface area contributed by atoms with Crippen molar-refractivity contribution in [1.29, 1.82) is 0 Å². The number of hydrogen-bond donors (Lipinski definition) is 0. The summed E-state index contributed by atoms with van der Waals surface area (Å²) < 4.78 is 1.92. The van der Waals surface area contributed by atoms with Crippen molar-refractivity contribution >= 4 is 51.5 Å². The van der Waals surface area contributed by atoms with Gasteiger partial charge >= 0.3 is 0 Å². The Morgan fingerprint density at radius 1 is 0.593 bits per heavy atom. The summed E-state index contributed by atoms with van der Waals surface area (Å²) in [5, 5.41) is 40.6. The first-order chi connectivity index (χ1) is 12.6. The Labute approximate surface area is 160 Å². The van der Waals surface area contributed by atoms with E-state index in [-0.39, 0.29) is 22.7 Å². The molecule has 0 aromatic heterocycles. The van der Waals surface area contributed by atoms with Gasteiger partial charge in [0.05, 0.1) is 31.8 Å². The third kappa shape index (κ3) is 8.78. The number of rotatable bonds is 4. The molecular weight excluding hydrogens is 404 g/mol. The monoisotopic (exact) mass is 412 g/mol. The number of non-ortho nitro benzene ring substituents is 4. The van der Waals surface area contributed by atoms with E-state index in [0.717, 1.165) is 12.1 Å². The molecular formula is C13H8N4O8S2. The molecule has 0 aliphatic rings. The van der Waals surface area contributed by atoms with Crippen molar-refractivity contribution in [2.24, 2.45) is 0 Å². The van der Waals surface area contributed by atoms with E-state index >= 15 is 0 Å². The SMILES string of the molecule is O=[N+]([O-])c1cccc([N+](=O)[O-])c1.O=[N+]([O-])c1cccc([N+](=O)[O-])c1.S=C=S. The second-order valence-corrected chi connectivity index (χ2v) is 4.82. The lowest BCUT2D eigenvalue weighted by Gasteiger charge is -1.90. The minimum atomic E-state index is -0.674. The van der Waals surface area contributed by atoms with Crippen LogP contribution in [0.4, 0.5) is 22.7 Å². The fraction of sp³-hybridized carbons (Fsp3) is 0. The average Bonchev–Trinajstić information content (AvgIpc) is 2.63. The van der Waals surface area contributed by atoms with Crippen LogP contribution in [0.1, 0.15) is 0 Å². The van der Waals surface area contributed by atoms with E-state index in [1.807, 2.05) is 4.31 Å². The van der Waals surface area contributed by atoms with Gasteiger partial charge in [0.1, 0.15) is 0 Å². The van der Waals surface area contributed by atoms with E-state index < -0.39 is 19.7 Å². The molecule has 0 fully saturated rings. The minimum absolute atomic E-state index is 0.274. The number of nitro groups is 4. The molecule has 0 bridgehead atoms. The first kappa shape index (κ1) is 23.3. The molecule has 0 aliphatic carbocycles. The standard InChI is InChI=1S/2C6H4N2O4.CS2/c2*9-7(10)5-2-1-3-6(4-5)8(11)12;2-1-3/h2*1-4H;. The highest BCUT2D eigenvalue weighted by Gasteiger charge is 2.12. The first-order valence-corrected chi connectivity index (χ1v) is 7.22. The van der Waals surface area contributed by atoms with Gasteiger partial charge in [-0.3, -0.25) is 40.5 Å². The summed E-state index contributed by atoms with van der Waals surface area (Å²) in [5.74, 6) is 0. The fourth-order valence-electron chi connectivity index (χ4n) is 1.44. The molecule has 2 aromatic carbocycles.